The van der Waals surface area contributed by atoms with Gasteiger partial charge in [0.2, 0.25) is 5.91 Å². The van der Waals surface area contributed by atoms with Crippen molar-refractivity contribution < 1.29 is 19.1 Å². The largest absolute Gasteiger partial charge is 0.496 e. The summed E-state index contributed by atoms with van der Waals surface area (Å²) in [6, 6.07) is 5.70. The van der Waals surface area contributed by atoms with Gasteiger partial charge in [0.15, 0.2) is 0 Å². The lowest BCUT2D eigenvalue weighted by Crippen LogP contribution is -2.28. The van der Waals surface area contributed by atoms with Gasteiger partial charge < -0.3 is 14.8 Å². The molecule has 0 unspecified atom stereocenters. The normalized spacial score (nSPS) is 9.95. The van der Waals surface area contributed by atoms with Crippen LogP contribution in [0.15, 0.2) is 18.2 Å². The molecule has 110 valence electrons. The Bertz CT molecular complexity index is 471. The number of nitrogens with one attached hydrogen (secondary N) is 1. The number of hydrogen-bond acceptors (Lipinski definition) is 4. The molecule has 0 heterocycles. The standard InChI is InChI=1S/C15H21NO4/c1-4-20-15(18)7-8-16-14(17)10-12-9-11(2)5-6-13(12)19-3/h5-6,9H,4,7-8,10H2,1-3H3,(H,16,17). The number of hydrogen-bond donors (Lipinski definition) is 1. The first-order valence-corrected chi connectivity index (χ1v) is 6.62. The number of methoxy groups -OCH3 is 1. The molecule has 0 saturated heterocycles. The van der Waals surface area contributed by atoms with Crippen LogP contribution in [0.1, 0.15) is 24.5 Å². The maximum atomic E-state index is 11.8. The molecule has 5 heteroatoms. The molecule has 1 N–H and O–H groups in total. The van der Waals surface area contributed by atoms with Crippen molar-refractivity contribution in [3.63, 3.8) is 0 Å². The second kappa shape index (κ2) is 8.19. The van der Waals surface area contributed by atoms with Gasteiger partial charge in [-0.1, -0.05) is 17.7 Å². The molecule has 1 aromatic rings. The first kappa shape index (κ1) is 16.0. The van der Waals surface area contributed by atoms with Crippen LogP contribution in [0, 0.1) is 6.92 Å². The molecular formula is C15H21NO4. The van der Waals surface area contributed by atoms with Crippen molar-refractivity contribution in [3.8, 4) is 5.75 Å². The van der Waals surface area contributed by atoms with Crippen molar-refractivity contribution in [3.05, 3.63) is 29.3 Å². The summed E-state index contributed by atoms with van der Waals surface area (Å²) >= 11 is 0. The molecule has 0 atom stereocenters. The smallest absolute Gasteiger partial charge is 0.307 e. The molecule has 0 bridgehead atoms. The van der Waals surface area contributed by atoms with Gasteiger partial charge in [-0.25, -0.2) is 0 Å². The number of aryl methyl sites for hydroxylation is 1. The summed E-state index contributed by atoms with van der Waals surface area (Å²) < 4.78 is 10.0. The SMILES string of the molecule is CCOC(=O)CCNC(=O)Cc1cc(C)ccc1OC. The van der Waals surface area contributed by atoms with Crippen LogP contribution in [0.2, 0.25) is 0 Å². The maximum Gasteiger partial charge on any atom is 0.307 e. The minimum Gasteiger partial charge on any atom is -0.496 e. The summed E-state index contributed by atoms with van der Waals surface area (Å²) in [7, 11) is 1.58. The highest BCUT2D eigenvalue weighted by Gasteiger charge is 2.09. The summed E-state index contributed by atoms with van der Waals surface area (Å²) in [4.78, 5) is 22.9. The molecule has 0 aliphatic carbocycles. The minimum absolute atomic E-state index is 0.141. The highest BCUT2D eigenvalue weighted by atomic mass is 16.5. The van der Waals surface area contributed by atoms with Gasteiger partial charge in [0.05, 0.1) is 26.6 Å². The monoisotopic (exact) mass is 279 g/mol. The molecule has 0 fully saturated rings. The third kappa shape index (κ3) is 5.30. The zero-order valence-electron chi connectivity index (χ0n) is 12.2. The van der Waals surface area contributed by atoms with Crippen LogP contribution in [0.3, 0.4) is 0 Å². The van der Waals surface area contributed by atoms with Gasteiger partial charge in [0.25, 0.3) is 0 Å². The average molecular weight is 279 g/mol. The van der Waals surface area contributed by atoms with Gasteiger partial charge in [0.1, 0.15) is 5.75 Å². The molecule has 5 nitrogen and oxygen atoms in total. The Hall–Kier alpha value is -2.04. The third-order valence-electron chi connectivity index (χ3n) is 2.74. The highest BCUT2D eigenvalue weighted by Crippen LogP contribution is 2.19. The van der Waals surface area contributed by atoms with E-state index in [1.54, 1.807) is 14.0 Å². The van der Waals surface area contributed by atoms with E-state index in [4.69, 9.17) is 9.47 Å². The number of benzene rings is 1. The number of amides is 1. The second-order valence-electron chi connectivity index (χ2n) is 4.40. The van der Waals surface area contributed by atoms with E-state index < -0.39 is 0 Å². The summed E-state index contributed by atoms with van der Waals surface area (Å²) in [6.07, 6.45) is 0.415. The van der Waals surface area contributed by atoms with Crippen LogP contribution < -0.4 is 10.1 Å². The van der Waals surface area contributed by atoms with Crippen LogP contribution in [0.25, 0.3) is 0 Å². The Kier molecular flexibility index (Phi) is 6.56. The summed E-state index contributed by atoms with van der Waals surface area (Å²) in [5.41, 5.74) is 1.90. The van der Waals surface area contributed by atoms with Gasteiger partial charge in [0, 0.05) is 12.1 Å². The molecule has 0 saturated carbocycles. The van der Waals surface area contributed by atoms with Crippen molar-refractivity contribution in [2.75, 3.05) is 20.3 Å². The Morgan fingerprint density at radius 2 is 2.05 bits per heavy atom. The van der Waals surface area contributed by atoms with Crippen molar-refractivity contribution in [2.45, 2.75) is 26.7 Å². The number of rotatable bonds is 7. The van der Waals surface area contributed by atoms with Gasteiger partial charge in [-0.05, 0) is 19.9 Å². The molecule has 1 rings (SSSR count). The fraction of sp³-hybridized carbons (Fsp3) is 0.467. The molecule has 0 aliphatic rings. The number of ether oxygens (including phenoxy) is 2. The summed E-state index contributed by atoms with van der Waals surface area (Å²) in [6.45, 7) is 4.35. The Morgan fingerprint density at radius 3 is 2.70 bits per heavy atom. The Balaban J connectivity index is 2.46. The second-order valence-corrected chi connectivity index (χ2v) is 4.40. The van der Waals surface area contributed by atoms with Crippen LogP contribution in [0.4, 0.5) is 0 Å². The average Bonchev–Trinajstić information content (AvgIpc) is 2.39. The van der Waals surface area contributed by atoms with E-state index in [0.717, 1.165) is 11.1 Å². The van der Waals surface area contributed by atoms with Crippen molar-refractivity contribution >= 4 is 11.9 Å². The molecule has 0 aliphatic heterocycles. The number of carbonyl (C=O) groups is 2. The van der Waals surface area contributed by atoms with Crippen LogP contribution >= 0.6 is 0 Å². The van der Waals surface area contributed by atoms with Crippen molar-refractivity contribution in [1.82, 2.24) is 5.32 Å². The van der Waals surface area contributed by atoms with E-state index in [2.05, 4.69) is 5.32 Å². The van der Waals surface area contributed by atoms with Crippen LogP contribution in [0.5, 0.6) is 5.75 Å². The maximum absolute atomic E-state index is 11.8. The zero-order valence-corrected chi connectivity index (χ0v) is 12.2. The van der Waals surface area contributed by atoms with E-state index in [1.165, 1.54) is 0 Å². The molecule has 0 spiro atoms. The predicted molar refractivity (Wildman–Crippen MR) is 75.7 cm³/mol. The molecule has 0 radical (unpaired) electrons. The third-order valence-corrected chi connectivity index (χ3v) is 2.74. The fourth-order valence-corrected chi connectivity index (χ4v) is 1.82. The zero-order chi connectivity index (χ0) is 15.0. The minimum atomic E-state index is -0.305. The van der Waals surface area contributed by atoms with Crippen molar-refractivity contribution in [1.29, 1.82) is 0 Å². The van der Waals surface area contributed by atoms with E-state index in [0.29, 0.717) is 12.4 Å². The molecule has 0 aromatic heterocycles. The van der Waals surface area contributed by atoms with Gasteiger partial charge in [-0.3, -0.25) is 9.59 Å². The molecule has 20 heavy (non-hydrogen) atoms. The first-order chi connectivity index (χ1) is 9.56. The highest BCUT2D eigenvalue weighted by molar-refractivity contribution is 5.80. The number of esters is 1. The lowest BCUT2D eigenvalue weighted by molar-refractivity contribution is -0.143. The van der Waals surface area contributed by atoms with Gasteiger partial charge in [-0.15, -0.1) is 0 Å². The quantitative estimate of drug-likeness (QED) is 0.770. The van der Waals surface area contributed by atoms with E-state index in [9.17, 15) is 9.59 Å². The Labute approximate surface area is 119 Å². The van der Waals surface area contributed by atoms with Gasteiger partial charge in [-0.2, -0.15) is 0 Å². The topological polar surface area (TPSA) is 64.6 Å². The molecule has 1 amide bonds. The number of carbonyl (C=O) groups excluding carboxylic acids is 2. The van der Waals surface area contributed by atoms with Crippen molar-refractivity contribution in [2.24, 2.45) is 0 Å². The van der Waals surface area contributed by atoms with Crippen LogP contribution in [-0.2, 0) is 20.7 Å². The lowest BCUT2D eigenvalue weighted by Gasteiger charge is -2.10. The molecular weight excluding hydrogens is 258 g/mol. The lowest BCUT2D eigenvalue weighted by atomic mass is 10.1. The Morgan fingerprint density at radius 1 is 1.30 bits per heavy atom. The first-order valence-electron chi connectivity index (χ1n) is 6.62. The summed E-state index contributed by atoms with van der Waals surface area (Å²) in [5.74, 6) is 0.246. The van der Waals surface area contributed by atoms with E-state index in [-0.39, 0.29) is 31.3 Å². The van der Waals surface area contributed by atoms with Gasteiger partial charge >= 0.3 is 5.97 Å². The summed E-state index contributed by atoms with van der Waals surface area (Å²) in [5, 5.41) is 2.70. The fourth-order valence-electron chi connectivity index (χ4n) is 1.82. The molecule has 1 aromatic carbocycles. The van der Waals surface area contributed by atoms with E-state index in [1.807, 2.05) is 25.1 Å². The predicted octanol–water partition coefficient (Wildman–Crippen LogP) is 1.62. The van der Waals surface area contributed by atoms with Crippen LogP contribution in [-0.4, -0.2) is 32.1 Å². The van der Waals surface area contributed by atoms with E-state index >= 15 is 0 Å².